The van der Waals surface area contributed by atoms with Gasteiger partial charge in [0.15, 0.2) is 0 Å². The summed E-state index contributed by atoms with van der Waals surface area (Å²) in [7, 11) is 0. The number of carbonyl (C=O) groups is 1. The van der Waals surface area contributed by atoms with Gasteiger partial charge in [0.05, 0.1) is 0 Å². The quantitative estimate of drug-likeness (QED) is 0.223. The van der Waals surface area contributed by atoms with Crippen LogP contribution in [-0.4, -0.2) is 5.43 Å². The lowest BCUT2D eigenvalue weighted by Gasteiger charge is -1.82. The molecule has 38 valence electrons. The van der Waals surface area contributed by atoms with Gasteiger partial charge in [0.2, 0.25) is 0 Å². The van der Waals surface area contributed by atoms with Crippen molar-refractivity contribution in [3.05, 3.63) is 0 Å². The fraction of sp³-hybridized carbons (Fsp3) is 0. The van der Waals surface area contributed by atoms with E-state index in [1.54, 1.807) is 0 Å². The van der Waals surface area contributed by atoms with Gasteiger partial charge in [-0.1, -0.05) is 0 Å². The van der Waals surface area contributed by atoms with Crippen molar-refractivity contribution in [1.82, 2.24) is 0 Å². The lowest BCUT2D eigenvalue weighted by Crippen LogP contribution is -1.88. The monoisotopic (exact) mass is 121 g/mol. The minimum absolute atomic E-state index is 1.07. The molecule has 0 atom stereocenters. The van der Waals surface area contributed by atoms with E-state index in [-0.39, 0.29) is 0 Å². The van der Waals surface area contributed by atoms with Gasteiger partial charge in [-0.15, -0.1) is 5.26 Å². The lowest BCUT2D eigenvalue weighted by molar-refractivity contribution is -0.165. The van der Waals surface area contributed by atoms with Crippen LogP contribution in [0.3, 0.4) is 0 Å². The largest absolute Gasteiger partial charge is 0.449 e. The molecule has 0 saturated carbocycles. The Morgan fingerprint density at radius 3 is 2.57 bits per heavy atom. The van der Waals surface area contributed by atoms with Crippen molar-refractivity contribution in [2.75, 3.05) is 0 Å². The topological polar surface area (TPSA) is 59.3 Å². The summed E-state index contributed by atoms with van der Waals surface area (Å²) in [5, 5.41) is 7.51. The summed E-state index contributed by atoms with van der Waals surface area (Å²) in [6.07, 6.45) is 1.07. The van der Waals surface area contributed by atoms with Gasteiger partial charge in [-0.25, -0.2) is 14.6 Å². The Bertz CT molecular complexity index is 106. The molecule has 0 heterocycles. The molecule has 0 spiro atoms. The Hall–Kier alpha value is -0.950. The van der Waals surface area contributed by atoms with Crippen molar-refractivity contribution < 1.29 is 14.6 Å². The van der Waals surface area contributed by atoms with E-state index in [4.69, 9.17) is 5.26 Å². The minimum Gasteiger partial charge on any atom is -0.227 e. The van der Waals surface area contributed by atoms with E-state index in [0.29, 0.717) is 0 Å². The molecular weight excluding hydrogens is 121 g/mol. The molecule has 0 aliphatic rings. The van der Waals surface area contributed by atoms with Gasteiger partial charge in [0.1, 0.15) is 0 Å². The van der Waals surface area contributed by atoms with Crippen LogP contribution < -0.4 is 0 Å². The van der Waals surface area contributed by atoms with Crippen molar-refractivity contribution >= 4 is 17.0 Å². The average Bonchev–Trinajstić information content (AvgIpc) is 1.61. The number of hydrogen-bond donors (Lipinski definition) is 0. The predicted octanol–water partition coefficient (Wildman–Crippen LogP) is 0.774. The van der Waals surface area contributed by atoms with Gasteiger partial charge >= 0.3 is 11.7 Å². The molecule has 0 aliphatic heterocycles. The van der Waals surface area contributed by atoms with Gasteiger partial charge < -0.3 is 0 Å². The van der Waals surface area contributed by atoms with Gasteiger partial charge in [-0.05, 0) is 0 Å². The van der Waals surface area contributed by atoms with E-state index in [1.165, 1.54) is 0 Å². The van der Waals surface area contributed by atoms with E-state index < -0.39 is 5.43 Å². The second kappa shape index (κ2) is 3.25. The first-order valence-corrected chi connectivity index (χ1v) is 1.57. The van der Waals surface area contributed by atoms with Crippen molar-refractivity contribution in [1.29, 1.82) is 5.26 Å². The van der Waals surface area contributed by atoms with E-state index >= 15 is 0 Å². The van der Waals surface area contributed by atoms with Crippen LogP contribution in [0, 0.1) is 11.5 Å². The second-order valence-corrected chi connectivity index (χ2v) is 0.804. The van der Waals surface area contributed by atoms with Crippen LogP contribution >= 0.6 is 11.6 Å². The van der Waals surface area contributed by atoms with E-state index in [0.717, 1.165) is 6.26 Å². The molecule has 0 radical (unpaired) electrons. The van der Waals surface area contributed by atoms with Crippen LogP contribution in [0.5, 0.6) is 0 Å². The molecule has 0 bridgehead atoms. The summed E-state index contributed by atoms with van der Waals surface area (Å²) < 4.78 is 0. The summed E-state index contributed by atoms with van der Waals surface area (Å²) in [6.45, 7) is 0. The number of nitrogens with zero attached hydrogens (tertiary/aromatic N) is 1. The maximum Gasteiger partial charge on any atom is 0.449 e. The molecular formula is C2ClNO3. The third-order valence-corrected chi connectivity index (χ3v) is 0.207. The second-order valence-electron chi connectivity index (χ2n) is 0.496. The number of rotatable bonds is 1. The van der Waals surface area contributed by atoms with Crippen molar-refractivity contribution in [3.8, 4) is 6.26 Å². The fourth-order valence-electron chi connectivity index (χ4n) is 0.0514. The molecule has 0 aromatic carbocycles. The first kappa shape index (κ1) is 6.05. The Labute approximate surface area is 44.1 Å². The van der Waals surface area contributed by atoms with Gasteiger partial charge in [0.25, 0.3) is 0 Å². The van der Waals surface area contributed by atoms with Crippen molar-refractivity contribution in [3.63, 3.8) is 0 Å². The Balaban J connectivity index is 3.02. The van der Waals surface area contributed by atoms with Crippen LogP contribution in [0.25, 0.3) is 0 Å². The zero-order chi connectivity index (χ0) is 5.70. The molecule has 0 aromatic heterocycles. The third kappa shape index (κ3) is 5.05. The van der Waals surface area contributed by atoms with E-state index in [2.05, 4.69) is 21.4 Å². The SMILES string of the molecule is N#COOC(=O)Cl. The molecule has 7 heavy (non-hydrogen) atoms. The van der Waals surface area contributed by atoms with Crippen LogP contribution in [-0.2, 0) is 9.78 Å². The first-order chi connectivity index (χ1) is 3.27. The van der Waals surface area contributed by atoms with Crippen molar-refractivity contribution in [2.24, 2.45) is 0 Å². The predicted molar refractivity (Wildman–Crippen MR) is 19.0 cm³/mol. The first-order valence-electron chi connectivity index (χ1n) is 1.19. The molecule has 0 amide bonds. The zero-order valence-electron chi connectivity index (χ0n) is 3.05. The molecule has 0 aromatic rings. The van der Waals surface area contributed by atoms with E-state index in [1.807, 2.05) is 0 Å². The van der Waals surface area contributed by atoms with Crippen LogP contribution in [0.4, 0.5) is 4.79 Å². The molecule has 0 N–H and O–H groups in total. The van der Waals surface area contributed by atoms with E-state index in [9.17, 15) is 4.79 Å². The normalized spacial score (nSPS) is 6.29. The minimum atomic E-state index is -1.17. The summed E-state index contributed by atoms with van der Waals surface area (Å²) in [5.41, 5.74) is -1.17. The third-order valence-electron chi connectivity index (χ3n) is 0.144. The molecule has 4 nitrogen and oxygen atoms in total. The number of nitriles is 1. The zero-order valence-corrected chi connectivity index (χ0v) is 3.81. The molecule has 0 unspecified atom stereocenters. The standard InChI is InChI=1S/C2ClNO3/c3-2(5)7-6-1-4. The van der Waals surface area contributed by atoms with Crippen LogP contribution in [0.2, 0.25) is 0 Å². The highest BCUT2D eigenvalue weighted by atomic mass is 35.5. The number of hydrogen-bond acceptors (Lipinski definition) is 4. The molecule has 0 saturated heterocycles. The maximum atomic E-state index is 9.47. The highest BCUT2D eigenvalue weighted by molar-refractivity contribution is 6.61. The maximum absolute atomic E-state index is 9.47. The Morgan fingerprint density at radius 2 is 2.43 bits per heavy atom. The Morgan fingerprint density at radius 1 is 1.86 bits per heavy atom. The number of halogens is 1. The molecule has 0 aliphatic carbocycles. The van der Waals surface area contributed by atoms with Crippen LogP contribution in [0.15, 0.2) is 0 Å². The van der Waals surface area contributed by atoms with Crippen molar-refractivity contribution in [2.45, 2.75) is 0 Å². The highest BCUT2D eigenvalue weighted by Crippen LogP contribution is 1.84. The molecule has 0 rings (SSSR count). The summed E-state index contributed by atoms with van der Waals surface area (Å²) >= 11 is 4.52. The lowest BCUT2D eigenvalue weighted by atomic mass is 11.6. The average molecular weight is 121 g/mol. The smallest absolute Gasteiger partial charge is 0.227 e. The summed E-state index contributed by atoms with van der Waals surface area (Å²) in [6, 6.07) is 0. The molecule has 5 heteroatoms. The Kier molecular flexibility index (Phi) is 2.81. The summed E-state index contributed by atoms with van der Waals surface area (Å²) in [4.78, 5) is 16.3. The number of carbonyl (C=O) groups excluding carboxylic acids is 1. The van der Waals surface area contributed by atoms with Crippen LogP contribution in [0.1, 0.15) is 0 Å². The summed E-state index contributed by atoms with van der Waals surface area (Å²) in [5.74, 6) is 0. The van der Waals surface area contributed by atoms with Gasteiger partial charge in [0, 0.05) is 11.6 Å². The molecule has 0 fully saturated rings. The highest BCUT2D eigenvalue weighted by Gasteiger charge is 1.91. The van der Waals surface area contributed by atoms with Gasteiger partial charge in [-0.2, -0.15) is 0 Å². The van der Waals surface area contributed by atoms with Gasteiger partial charge in [-0.3, -0.25) is 0 Å². The fourth-order valence-corrected chi connectivity index (χ4v) is 0.0829.